The first-order valence-corrected chi connectivity index (χ1v) is 8.06. The van der Waals surface area contributed by atoms with Gasteiger partial charge in [0.2, 0.25) is 5.89 Å². The predicted molar refractivity (Wildman–Crippen MR) is 77.0 cm³/mol. The van der Waals surface area contributed by atoms with E-state index in [0.29, 0.717) is 18.0 Å². The molecule has 0 amide bonds. The van der Waals surface area contributed by atoms with Gasteiger partial charge in [-0.15, -0.1) is 0 Å². The first-order valence-electron chi connectivity index (χ1n) is 8.06. The highest BCUT2D eigenvalue weighted by molar-refractivity contribution is 5.07. The minimum atomic E-state index is 0.152. The van der Waals surface area contributed by atoms with Crippen LogP contribution in [0.2, 0.25) is 0 Å². The van der Waals surface area contributed by atoms with Gasteiger partial charge in [0.05, 0.1) is 12.1 Å². The van der Waals surface area contributed by atoms with E-state index in [-0.39, 0.29) is 12.1 Å². The standard InChI is InChI=1S/C15H24N4O2/c1-19-10-3-4-11(19)6-9(5-10)14-17-15(21-18-14)13-7-12(20-2)8-16-13/h9-13,16H,3-8H2,1-2H3/t9?,10?,11?,12-,13+/m0/s1. The van der Waals surface area contributed by atoms with Gasteiger partial charge in [-0.1, -0.05) is 5.16 Å². The highest BCUT2D eigenvalue weighted by atomic mass is 16.5. The number of ether oxygens (including phenoxy) is 1. The highest BCUT2D eigenvalue weighted by Gasteiger charge is 2.40. The second kappa shape index (κ2) is 5.34. The lowest BCUT2D eigenvalue weighted by Gasteiger charge is -2.34. The van der Waals surface area contributed by atoms with E-state index in [0.717, 1.165) is 24.7 Å². The average molecular weight is 292 g/mol. The fourth-order valence-corrected chi connectivity index (χ4v) is 4.25. The summed E-state index contributed by atoms with van der Waals surface area (Å²) in [6.07, 6.45) is 6.15. The Bertz CT molecular complexity index is 492. The normalized spacial score (nSPS) is 40.0. The monoisotopic (exact) mass is 292 g/mol. The summed E-state index contributed by atoms with van der Waals surface area (Å²) in [5.74, 6) is 2.12. The maximum Gasteiger partial charge on any atom is 0.243 e. The van der Waals surface area contributed by atoms with Crippen molar-refractivity contribution in [3.63, 3.8) is 0 Å². The summed E-state index contributed by atoms with van der Waals surface area (Å²) in [4.78, 5) is 7.23. The first-order chi connectivity index (χ1) is 10.2. The summed E-state index contributed by atoms with van der Waals surface area (Å²) < 4.78 is 10.9. The number of piperidine rings is 1. The van der Waals surface area contributed by atoms with Crippen molar-refractivity contribution in [1.82, 2.24) is 20.4 Å². The number of nitrogens with zero attached hydrogens (tertiary/aromatic N) is 3. The van der Waals surface area contributed by atoms with Crippen LogP contribution >= 0.6 is 0 Å². The second-order valence-corrected chi connectivity index (χ2v) is 6.76. The Kier molecular flexibility index (Phi) is 3.47. The van der Waals surface area contributed by atoms with Gasteiger partial charge in [-0.25, -0.2) is 0 Å². The van der Waals surface area contributed by atoms with E-state index in [4.69, 9.17) is 14.2 Å². The van der Waals surface area contributed by atoms with Crippen molar-refractivity contribution >= 4 is 0 Å². The van der Waals surface area contributed by atoms with E-state index in [1.165, 1.54) is 25.7 Å². The summed E-state index contributed by atoms with van der Waals surface area (Å²) >= 11 is 0. The minimum absolute atomic E-state index is 0.152. The number of nitrogens with one attached hydrogen (secondary N) is 1. The lowest BCUT2D eigenvalue weighted by Crippen LogP contribution is -2.39. The van der Waals surface area contributed by atoms with Crippen molar-refractivity contribution in [3.05, 3.63) is 11.7 Å². The Hall–Kier alpha value is -0.980. The number of fused-ring (bicyclic) bond motifs is 2. The van der Waals surface area contributed by atoms with E-state index < -0.39 is 0 Å². The molecule has 0 aliphatic carbocycles. The molecule has 0 spiro atoms. The number of rotatable bonds is 3. The van der Waals surface area contributed by atoms with Crippen LogP contribution in [0.15, 0.2) is 4.52 Å². The van der Waals surface area contributed by atoms with Crippen LogP contribution in [0.4, 0.5) is 0 Å². The van der Waals surface area contributed by atoms with Crippen LogP contribution in [-0.2, 0) is 4.74 Å². The Morgan fingerprint density at radius 2 is 2.00 bits per heavy atom. The highest BCUT2D eigenvalue weighted by Crippen LogP contribution is 2.41. The Morgan fingerprint density at radius 3 is 2.67 bits per heavy atom. The minimum Gasteiger partial charge on any atom is -0.380 e. The van der Waals surface area contributed by atoms with E-state index in [1.54, 1.807) is 7.11 Å². The zero-order valence-electron chi connectivity index (χ0n) is 12.8. The SMILES string of the molecule is CO[C@@H]1CN[C@@H](c2nc(C3CC4CCC(C3)N4C)no2)C1. The first kappa shape index (κ1) is 13.7. The Labute approximate surface area is 125 Å². The van der Waals surface area contributed by atoms with Crippen LogP contribution in [0.5, 0.6) is 0 Å². The van der Waals surface area contributed by atoms with E-state index in [2.05, 4.69) is 22.4 Å². The molecule has 4 atom stereocenters. The molecule has 3 fully saturated rings. The Morgan fingerprint density at radius 1 is 1.24 bits per heavy atom. The van der Waals surface area contributed by atoms with Crippen molar-refractivity contribution in [2.24, 2.45) is 0 Å². The summed E-state index contributed by atoms with van der Waals surface area (Å²) in [5.41, 5.74) is 0. The number of hydrogen-bond acceptors (Lipinski definition) is 6. The molecule has 4 heterocycles. The van der Waals surface area contributed by atoms with Gasteiger partial charge in [-0.2, -0.15) is 4.98 Å². The quantitative estimate of drug-likeness (QED) is 0.910. The van der Waals surface area contributed by atoms with Gasteiger partial charge in [0.15, 0.2) is 5.82 Å². The lowest BCUT2D eigenvalue weighted by atomic mass is 9.90. The topological polar surface area (TPSA) is 63.4 Å². The number of methoxy groups -OCH3 is 1. The third-order valence-electron chi connectivity index (χ3n) is 5.64. The average Bonchev–Trinajstić information content (AvgIpc) is 3.18. The van der Waals surface area contributed by atoms with Gasteiger partial charge in [-0.05, 0) is 39.2 Å². The fourth-order valence-electron chi connectivity index (χ4n) is 4.25. The van der Waals surface area contributed by atoms with Crippen LogP contribution in [0.3, 0.4) is 0 Å². The van der Waals surface area contributed by atoms with Gasteiger partial charge in [0.25, 0.3) is 0 Å². The molecule has 0 saturated carbocycles. The molecule has 1 N–H and O–H groups in total. The van der Waals surface area contributed by atoms with Crippen molar-refractivity contribution in [2.75, 3.05) is 20.7 Å². The molecule has 3 saturated heterocycles. The van der Waals surface area contributed by atoms with E-state index in [1.807, 2.05) is 0 Å². The van der Waals surface area contributed by atoms with Gasteiger partial charge in [0.1, 0.15) is 0 Å². The summed E-state index contributed by atoms with van der Waals surface area (Å²) in [5, 5.41) is 7.67. The van der Waals surface area contributed by atoms with E-state index in [9.17, 15) is 0 Å². The maximum absolute atomic E-state index is 5.52. The molecule has 6 heteroatoms. The van der Waals surface area contributed by atoms with Crippen molar-refractivity contribution in [2.45, 2.75) is 62.3 Å². The third kappa shape index (κ3) is 2.39. The summed E-state index contributed by atoms with van der Waals surface area (Å²) in [6, 6.07) is 1.57. The molecular weight excluding hydrogens is 268 g/mol. The molecule has 0 aromatic carbocycles. The smallest absolute Gasteiger partial charge is 0.243 e. The van der Waals surface area contributed by atoms with Crippen LogP contribution < -0.4 is 5.32 Å². The molecule has 21 heavy (non-hydrogen) atoms. The van der Waals surface area contributed by atoms with Crippen LogP contribution in [-0.4, -0.2) is 53.9 Å². The van der Waals surface area contributed by atoms with Crippen LogP contribution in [0.1, 0.15) is 55.8 Å². The fraction of sp³-hybridized carbons (Fsp3) is 0.867. The molecule has 6 nitrogen and oxygen atoms in total. The molecule has 3 aliphatic heterocycles. The zero-order valence-corrected chi connectivity index (χ0v) is 12.8. The molecule has 0 radical (unpaired) electrons. The lowest BCUT2D eigenvalue weighted by molar-refractivity contribution is 0.116. The third-order valence-corrected chi connectivity index (χ3v) is 5.64. The molecule has 2 unspecified atom stereocenters. The molecule has 116 valence electrons. The molecule has 4 rings (SSSR count). The number of hydrogen-bond donors (Lipinski definition) is 1. The molecule has 3 aliphatic rings. The van der Waals surface area contributed by atoms with Gasteiger partial charge in [-0.3, -0.25) is 0 Å². The van der Waals surface area contributed by atoms with Gasteiger partial charge < -0.3 is 19.5 Å². The zero-order chi connectivity index (χ0) is 14.4. The predicted octanol–water partition coefficient (Wildman–Crippen LogP) is 1.46. The molecular formula is C15H24N4O2. The molecule has 2 bridgehead atoms. The molecule has 1 aromatic heterocycles. The van der Waals surface area contributed by atoms with Gasteiger partial charge in [0, 0.05) is 31.7 Å². The van der Waals surface area contributed by atoms with Crippen molar-refractivity contribution in [1.29, 1.82) is 0 Å². The van der Waals surface area contributed by atoms with E-state index >= 15 is 0 Å². The van der Waals surface area contributed by atoms with Crippen molar-refractivity contribution in [3.8, 4) is 0 Å². The summed E-state index contributed by atoms with van der Waals surface area (Å²) in [6.45, 7) is 0.858. The Balaban J connectivity index is 1.46. The van der Waals surface area contributed by atoms with Crippen LogP contribution in [0, 0.1) is 0 Å². The second-order valence-electron chi connectivity index (χ2n) is 6.76. The summed E-state index contributed by atoms with van der Waals surface area (Å²) in [7, 11) is 4.01. The molecule has 1 aromatic rings. The van der Waals surface area contributed by atoms with Gasteiger partial charge >= 0.3 is 0 Å². The largest absolute Gasteiger partial charge is 0.380 e. The van der Waals surface area contributed by atoms with Crippen LogP contribution in [0.25, 0.3) is 0 Å². The van der Waals surface area contributed by atoms with Crippen molar-refractivity contribution < 1.29 is 9.26 Å². The number of aromatic nitrogens is 2. The maximum atomic E-state index is 5.52.